The van der Waals surface area contributed by atoms with Gasteiger partial charge in [-0.1, -0.05) is 19.3 Å². The Balaban J connectivity index is 2.06. The SMILES string of the molecule is COc1cc(NCC2(O)CCCCC2)c(N)cc1F. The average molecular weight is 268 g/mol. The molecule has 5 heteroatoms. The van der Waals surface area contributed by atoms with Crippen LogP contribution in [0.1, 0.15) is 32.1 Å². The number of hydrogen-bond acceptors (Lipinski definition) is 4. The highest BCUT2D eigenvalue weighted by Crippen LogP contribution is 2.31. The molecule has 1 aliphatic carbocycles. The van der Waals surface area contributed by atoms with Gasteiger partial charge in [-0.3, -0.25) is 0 Å². The van der Waals surface area contributed by atoms with Gasteiger partial charge in [0.25, 0.3) is 0 Å². The average Bonchev–Trinajstić information content (AvgIpc) is 2.39. The number of ether oxygens (including phenoxy) is 1. The highest BCUT2D eigenvalue weighted by Gasteiger charge is 2.29. The summed E-state index contributed by atoms with van der Waals surface area (Å²) >= 11 is 0. The zero-order chi connectivity index (χ0) is 13.9. The normalized spacial score (nSPS) is 18.1. The van der Waals surface area contributed by atoms with Crippen molar-refractivity contribution in [3.63, 3.8) is 0 Å². The molecule has 0 heterocycles. The third-order valence-corrected chi connectivity index (χ3v) is 3.72. The Morgan fingerprint density at radius 2 is 2.05 bits per heavy atom. The van der Waals surface area contributed by atoms with Crippen LogP contribution in [0, 0.1) is 5.82 Å². The van der Waals surface area contributed by atoms with Crippen molar-refractivity contribution >= 4 is 11.4 Å². The molecule has 1 aromatic rings. The molecular formula is C14H21FN2O2. The van der Waals surface area contributed by atoms with Crippen LogP contribution >= 0.6 is 0 Å². The van der Waals surface area contributed by atoms with Gasteiger partial charge in [0.1, 0.15) is 0 Å². The number of rotatable bonds is 4. The predicted octanol–water partition coefficient (Wildman–Crippen LogP) is 2.52. The summed E-state index contributed by atoms with van der Waals surface area (Å²) in [6, 6.07) is 2.75. The van der Waals surface area contributed by atoms with Crippen molar-refractivity contribution in [3.05, 3.63) is 17.9 Å². The van der Waals surface area contributed by atoms with E-state index < -0.39 is 11.4 Å². The summed E-state index contributed by atoms with van der Waals surface area (Å²) in [5.41, 5.74) is 5.99. The smallest absolute Gasteiger partial charge is 0.167 e. The molecule has 1 fully saturated rings. The zero-order valence-corrected chi connectivity index (χ0v) is 11.2. The Bertz CT molecular complexity index is 445. The number of methoxy groups -OCH3 is 1. The number of nitrogen functional groups attached to an aromatic ring is 1. The number of halogens is 1. The van der Waals surface area contributed by atoms with Crippen LogP contribution in [-0.2, 0) is 0 Å². The second kappa shape index (κ2) is 5.65. The molecule has 0 unspecified atom stereocenters. The number of hydrogen-bond donors (Lipinski definition) is 3. The van der Waals surface area contributed by atoms with E-state index in [2.05, 4.69) is 5.32 Å². The van der Waals surface area contributed by atoms with Crippen LogP contribution in [0.25, 0.3) is 0 Å². The Hall–Kier alpha value is -1.49. The Labute approximate surface area is 112 Å². The van der Waals surface area contributed by atoms with E-state index in [1.807, 2.05) is 0 Å². The zero-order valence-electron chi connectivity index (χ0n) is 11.2. The molecule has 0 bridgehead atoms. The van der Waals surface area contributed by atoms with Crippen molar-refractivity contribution < 1.29 is 14.2 Å². The van der Waals surface area contributed by atoms with Crippen LogP contribution in [-0.4, -0.2) is 24.4 Å². The van der Waals surface area contributed by atoms with Crippen molar-refractivity contribution in [1.29, 1.82) is 0 Å². The second-order valence-electron chi connectivity index (χ2n) is 5.21. The lowest BCUT2D eigenvalue weighted by Gasteiger charge is -2.32. The molecule has 1 saturated carbocycles. The molecule has 1 aliphatic rings. The number of anilines is 2. The Morgan fingerprint density at radius 1 is 1.37 bits per heavy atom. The van der Waals surface area contributed by atoms with Crippen LogP contribution in [0.3, 0.4) is 0 Å². The van der Waals surface area contributed by atoms with E-state index in [1.54, 1.807) is 0 Å². The van der Waals surface area contributed by atoms with Crippen molar-refractivity contribution in [2.45, 2.75) is 37.7 Å². The van der Waals surface area contributed by atoms with Gasteiger partial charge >= 0.3 is 0 Å². The molecule has 0 spiro atoms. The highest BCUT2D eigenvalue weighted by atomic mass is 19.1. The fraction of sp³-hybridized carbons (Fsp3) is 0.571. The molecule has 0 saturated heterocycles. The second-order valence-corrected chi connectivity index (χ2v) is 5.21. The fourth-order valence-electron chi connectivity index (χ4n) is 2.52. The van der Waals surface area contributed by atoms with Crippen LogP contribution in [0.2, 0.25) is 0 Å². The van der Waals surface area contributed by atoms with E-state index >= 15 is 0 Å². The van der Waals surface area contributed by atoms with Crippen molar-refractivity contribution in [2.75, 3.05) is 24.7 Å². The maximum atomic E-state index is 13.4. The summed E-state index contributed by atoms with van der Waals surface area (Å²) in [5, 5.41) is 13.5. The Kier molecular flexibility index (Phi) is 4.14. The molecule has 0 atom stereocenters. The molecule has 0 amide bonds. The lowest BCUT2D eigenvalue weighted by Crippen LogP contribution is -2.38. The molecule has 2 rings (SSSR count). The van der Waals surface area contributed by atoms with Crippen molar-refractivity contribution in [2.24, 2.45) is 0 Å². The van der Waals surface area contributed by atoms with Gasteiger partial charge in [-0.2, -0.15) is 0 Å². The lowest BCUT2D eigenvalue weighted by atomic mass is 9.85. The molecule has 1 aromatic carbocycles. The first kappa shape index (κ1) is 13.9. The van der Waals surface area contributed by atoms with Crippen LogP contribution in [0.4, 0.5) is 15.8 Å². The largest absolute Gasteiger partial charge is 0.494 e. The number of nitrogens with two attached hydrogens (primary N) is 1. The molecule has 4 N–H and O–H groups in total. The number of nitrogens with one attached hydrogen (secondary N) is 1. The third kappa shape index (κ3) is 3.29. The summed E-state index contributed by atoms with van der Waals surface area (Å²) in [7, 11) is 1.41. The molecule has 0 aromatic heterocycles. The van der Waals surface area contributed by atoms with E-state index in [9.17, 15) is 9.50 Å². The van der Waals surface area contributed by atoms with Gasteiger partial charge < -0.3 is 20.9 Å². The maximum Gasteiger partial charge on any atom is 0.167 e. The van der Waals surface area contributed by atoms with Crippen LogP contribution in [0.5, 0.6) is 5.75 Å². The topological polar surface area (TPSA) is 67.5 Å². The third-order valence-electron chi connectivity index (χ3n) is 3.72. The van der Waals surface area contributed by atoms with E-state index in [-0.39, 0.29) is 5.75 Å². The van der Waals surface area contributed by atoms with Gasteiger partial charge in [0.05, 0.1) is 24.1 Å². The van der Waals surface area contributed by atoms with Crippen molar-refractivity contribution in [1.82, 2.24) is 0 Å². The number of benzene rings is 1. The summed E-state index contributed by atoms with van der Waals surface area (Å²) in [5.74, 6) is -0.339. The van der Waals surface area contributed by atoms with E-state index in [4.69, 9.17) is 10.5 Å². The fourth-order valence-corrected chi connectivity index (χ4v) is 2.52. The van der Waals surface area contributed by atoms with Crippen molar-refractivity contribution in [3.8, 4) is 5.75 Å². The lowest BCUT2D eigenvalue weighted by molar-refractivity contribution is 0.0167. The molecule has 19 heavy (non-hydrogen) atoms. The summed E-state index contributed by atoms with van der Waals surface area (Å²) in [4.78, 5) is 0. The highest BCUT2D eigenvalue weighted by molar-refractivity contribution is 5.68. The predicted molar refractivity (Wildman–Crippen MR) is 73.9 cm³/mol. The van der Waals surface area contributed by atoms with Gasteiger partial charge in [-0.25, -0.2) is 4.39 Å². The molecular weight excluding hydrogens is 247 g/mol. The monoisotopic (exact) mass is 268 g/mol. The van der Waals surface area contributed by atoms with Crippen LogP contribution in [0.15, 0.2) is 12.1 Å². The van der Waals surface area contributed by atoms with Crippen LogP contribution < -0.4 is 15.8 Å². The standard InChI is InChI=1S/C14H21FN2O2/c1-19-13-8-12(11(16)7-10(13)15)17-9-14(18)5-3-2-4-6-14/h7-8,17-18H,2-6,9,16H2,1H3. The molecule has 106 valence electrons. The summed E-state index contributed by atoms with van der Waals surface area (Å²) in [6.07, 6.45) is 4.84. The molecule has 0 aliphatic heterocycles. The molecule has 0 radical (unpaired) electrons. The number of aliphatic hydroxyl groups is 1. The van der Waals surface area contributed by atoms with E-state index in [1.165, 1.54) is 25.7 Å². The summed E-state index contributed by atoms with van der Waals surface area (Å²) in [6.45, 7) is 0.423. The van der Waals surface area contributed by atoms with Gasteiger partial charge in [0, 0.05) is 18.7 Å². The first-order valence-corrected chi connectivity index (χ1v) is 6.63. The minimum Gasteiger partial charge on any atom is -0.494 e. The summed E-state index contributed by atoms with van der Waals surface area (Å²) < 4.78 is 18.3. The maximum absolute atomic E-state index is 13.4. The first-order valence-electron chi connectivity index (χ1n) is 6.63. The minimum absolute atomic E-state index is 0.146. The Morgan fingerprint density at radius 3 is 2.68 bits per heavy atom. The van der Waals surface area contributed by atoms with Gasteiger partial charge in [-0.15, -0.1) is 0 Å². The van der Waals surface area contributed by atoms with Gasteiger partial charge in [-0.05, 0) is 12.8 Å². The minimum atomic E-state index is -0.688. The van der Waals surface area contributed by atoms with Gasteiger partial charge in [0.2, 0.25) is 0 Å². The van der Waals surface area contributed by atoms with Gasteiger partial charge in [0.15, 0.2) is 11.6 Å². The van der Waals surface area contributed by atoms with E-state index in [0.29, 0.717) is 17.9 Å². The molecule has 4 nitrogen and oxygen atoms in total. The quantitative estimate of drug-likeness (QED) is 0.734. The first-order chi connectivity index (χ1) is 9.04. The van der Waals surface area contributed by atoms with E-state index in [0.717, 1.165) is 25.7 Å².